The van der Waals surface area contributed by atoms with E-state index in [1.807, 2.05) is 4.90 Å². The molecule has 10 heteroatoms. The van der Waals surface area contributed by atoms with Gasteiger partial charge < -0.3 is 19.5 Å². The number of aryl methyl sites for hydroxylation is 1. The van der Waals surface area contributed by atoms with Gasteiger partial charge in [-0.25, -0.2) is 14.4 Å². The Labute approximate surface area is 177 Å². The molecular formula is C21H23FN6O3. The number of hydrogen-bond donors (Lipinski definition) is 2. The lowest BCUT2D eigenvalue weighted by molar-refractivity contribution is 0.0931. The van der Waals surface area contributed by atoms with E-state index in [0.717, 1.165) is 0 Å². The zero-order valence-corrected chi connectivity index (χ0v) is 17.0. The summed E-state index contributed by atoms with van der Waals surface area (Å²) in [6.45, 7) is 2.38. The number of anilines is 1. The highest BCUT2D eigenvalue weighted by Gasteiger charge is 2.20. The first-order valence-electron chi connectivity index (χ1n) is 9.95. The number of rotatable bonds is 6. The molecule has 3 aromatic rings. The molecule has 31 heavy (non-hydrogen) atoms. The number of benzene rings is 1. The Bertz CT molecular complexity index is 1100. The van der Waals surface area contributed by atoms with Crippen molar-refractivity contribution >= 4 is 11.9 Å². The van der Waals surface area contributed by atoms with Crippen LogP contribution in [0.15, 0.2) is 47.7 Å². The molecule has 0 saturated carbocycles. The van der Waals surface area contributed by atoms with Gasteiger partial charge in [0.2, 0.25) is 5.95 Å². The summed E-state index contributed by atoms with van der Waals surface area (Å²) >= 11 is 0. The number of aromatic amines is 1. The van der Waals surface area contributed by atoms with E-state index in [0.29, 0.717) is 43.5 Å². The van der Waals surface area contributed by atoms with Gasteiger partial charge in [0, 0.05) is 38.8 Å². The number of carbonyl (C=O) groups is 1. The van der Waals surface area contributed by atoms with Crippen LogP contribution in [0.3, 0.4) is 0 Å². The molecule has 162 valence electrons. The average Bonchev–Trinajstić information content (AvgIpc) is 3.20. The topological polar surface area (TPSA) is 105 Å². The van der Waals surface area contributed by atoms with E-state index in [1.54, 1.807) is 29.9 Å². The predicted octanol–water partition coefficient (Wildman–Crippen LogP) is 1.19. The van der Waals surface area contributed by atoms with Crippen molar-refractivity contribution in [3.8, 4) is 0 Å². The number of nitrogens with one attached hydrogen (secondary N) is 2. The van der Waals surface area contributed by atoms with Crippen LogP contribution >= 0.6 is 0 Å². The highest BCUT2D eigenvalue weighted by atomic mass is 19.1. The van der Waals surface area contributed by atoms with E-state index >= 15 is 0 Å². The largest absolute Gasteiger partial charge is 0.378 e. The minimum absolute atomic E-state index is 0.255. The molecule has 1 aromatic carbocycles. The lowest BCUT2D eigenvalue weighted by atomic mass is 10.0. The molecule has 4 rings (SSSR count). The first kappa shape index (κ1) is 20.7. The van der Waals surface area contributed by atoms with Gasteiger partial charge in [0.25, 0.3) is 11.5 Å². The van der Waals surface area contributed by atoms with Gasteiger partial charge in [0.1, 0.15) is 11.5 Å². The fraction of sp³-hybridized carbons (Fsp3) is 0.333. The Kier molecular flexibility index (Phi) is 6.08. The summed E-state index contributed by atoms with van der Waals surface area (Å²) in [6.07, 6.45) is 3.40. The molecule has 1 aliphatic heterocycles. The van der Waals surface area contributed by atoms with Gasteiger partial charge in [-0.3, -0.25) is 14.6 Å². The summed E-state index contributed by atoms with van der Waals surface area (Å²) in [4.78, 5) is 38.4. The second-order valence-corrected chi connectivity index (χ2v) is 7.37. The monoisotopic (exact) mass is 426 g/mol. The first-order chi connectivity index (χ1) is 15.0. The molecule has 1 fully saturated rings. The fourth-order valence-electron chi connectivity index (χ4n) is 3.44. The van der Waals surface area contributed by atoms with Gasteiger partial charge in [-0.05, 0) is 17.7 Å². The number of amides is 1. The normalized spacial score (nSPS) is 15.0. The van der Waals surface area contributed by atoms with Crippen LogP contribution in [0.4, 0.5) is 10.3 Å². The molecule has 0 bridgehead atoms. The quantitative estimate of drug-likeness (QED) is 0.614. The van der Waals surface area contributed by atoms with Crippen LogP contribution in [-0.2, 0) is 18.2 Å². The van der Waals surface area contributed by atoms with E-state index in [-0.39, 0.29) is 29.4 Å². The van der Waals surface area contributed by atoms with Gasteiger partial charge in [-0.1, -0.05) is 12.1 Å². The molecule has 2 N–H and O–H groups in total. The Hall–Kier alpha value is -3.53. The van der Waals surface area contributed by atoms with Crippen LogP contribution in [0.2, 0.25) is 0 Å². The number of aromatic nitrogens is 4. The van der Waals surface area contributed by atoms with Crippen molar-refractivity contribution < 1.29 is 13.9 Å². The van der Waals surface area contributed by atoms with Gasteiger partial charge in [-0.2, -0.15) is 0 Å². The van der Waals surface area contributed by atoms with E-state index in [1.165, 1.54) is 24.5 Å². The molecule has 2 aromatic heterocycles. The lowest BCUT2D eigenvalue weighted by Gasteiger charge is -2.27. The molecule has 1 aliphatic rings. The smallest absolute Gasteiger partial charge is 0.271 e. The molecule has 1 saturated heterocycles. The first-order valence-corrected chi connectivity index (χ1v) is 9.95. The summed E-state index contributed by atoms with van der Waals surface area (Å²) in [5, 5.41) is 2.93. The zero-order valence-electron chi connectivity index (χ0n) is 17.0. The van der Waals surface area contributed by atoms with E-state index < -0.39 is 6.04 Å². The van der Waals surface area contributed by atoms with E-state index in [2.05, 4.69) is 20.3 Å². The molecular weight excluding hydrogens is 403 g/mol. The van der Waals surface area contributed by atoms with Gasteiger partial charge in [-0.15, -0.1) is 0 Å². The molecule has 0 spiro atoms. The average molecular weight is 426 g/mol. The van der Waals surface area contributed by atoms with Gasteiger partial charge in [0.15, 0.2) is 0 Å². The summed E-state index contributed by atoms with van der Waals surface area (Å²) in [7, 11) is 1.77. The van der Waals surface area contributed by atoms with Crippen LogP contribution in [0.5, 0.6) is 0 Å². The summed E-state index contributed by atoms with van der Waals surface area (Å²) in [6, 6.07) is 6.76. The third-order valence-electron chi connectivity index (χ3n) is 5.02. The Morgan fingerprint density at radius 2 is 2.03 bits per heavy atom. The fourth-order valence-corrected chi connectivity index (χ4v) is 3.44. The Balaban J connectivity index is 1.61. The van der Waals surface area contributed by atoms with Crippen LogP contribution in [0.25, 0.3) is 0 Å². The highest BCUT2D eigenvalue weighted by Crippen LogP contribution is 2.20. The maximum absolute atomic E-state index is 13.4. The molecule has 3 heterocycles. The number of halogens is 1. The van der Waals surface area contributed by atoms with Crippen LogP contribution in [-0.4, -0.2) is 51.7 Å². The third kappa shape index (κ3) is 5.15. The number of nitrogens with zero attached hydrogens (tertiary/aromatic N) is 4. The number of imidazole rings is 1. The van der Waals surface area contributed by atoms with Crippen LogP contribution in [0, 0.1) is 5.82 Å². The molecule has 0 aliphatic carbocycles. The minimum atomic E-state index is -0.526. The summed E-state index contributed by atoms with van der Waals surface area (Å²) < 4.78 is 20.5. The van der Waals surface area contributed by atoms with Crippen molar-refractivity contribution in [2.75, 3.05) is 31.2 Å². The molecule has 1 amide bonds. The van der Waals surface area contributed by atoms with Crippen molar-refractivity contribution in [2.45, 2.75) is 12.5 Å². The minimum Gasteiger partial charge on any atom is -0.378 e. The van der Waals surface area contributed by atoms with Crippen molar-refractivity contribution in [3.63, 3.8) is 0 Å². The number of hydrogen-bond acceptors (Lipinski definition) is 6. The second kappa shape index (κ2) is 9.09. The lowest BCUT2D eigenvalue weighted by Crippen LogP contribution is -2.38. The number of carbonyl (C=O) groups excluding carboxylic acids is 1. The van der Waals surface area contributed by atoms with Crippen molar-refractivity contribution in [2.24, 2.45) is 7.05 Å². The standard InChI is InChI=1S/C21H23FN6O3/c1-27-12-18(23-13-27)20(30)25-17(14-2-4-15(22)5-3-14)10-16-11-19(29)26-21(24-16)28-6-8-31-9-7-28/h2-5,11-13,17H,6-10H2,1H3,(H,25,30)(H,24,26,29). The SMILES string of the molecule is Cn1cnc(C(=O)NC(Cc2cc(=O)[nH]c(N3CCOCC3)n2)c2ccc(F)cc2)c1. The number of H-pyrrole nitrogens is 1. The van der Waals surface area contributed by atoms with Crippen molar-refractivity contribution in [3.05, 3.63) is 76.0 Å². The van der Waals surface area contributed by atoms with Gasteiger partial charge in [0.05, 0.1) is 31.3 Å². The molecule has 0 radical (unpaired) electrons. The summed E-state index contributed by atoms with van der Waals surface area (Å²) in [5.74, 6) is -0.268. The number of ether oxygens (including phenoxy) is 1. The zero-order chi connectivity index (χ0) is 21.8. The second-order valence-electron chi connectivity index (χ2n) is 7.37. The predicted molar refractivity (Wildman–Crippen MR) is 111 cm³/mol. The van der Waals surface area contributed by atoms with E-state index in [9.17, 15) is 14.0 Å². The van der Waals surface area contributed by atoms with Crippen molar-refractivity contribution in [1.82, 2.24) is 24.8 Å². The highest BCUT2D eigenvalue weighted by molar-refractivity contribution is 5.92. The molecule has 1 atom stereocenters. The van der Waals surface area contributed by atoms with Crippen molar-refractivity contribution in [1.29, 1.82) is 0 Å². The maximum Gasteiger partial charge on any atom is 0.271 e. The van der Waals surface area contributed by atoms with E-state index in [4.69, 9.17) is 4.74 Å². The molecule has 1 unspecified atom stereocenters. The summed E-state index contributed by atoms with van der Waals surface area (Å²) in [5.41, 5.74) is 1.20. The van der Waals surface area contributed by atoms with Crippen LogP contribution in [0.1, 0.15) is 27.8 Å². The maximum atomic E-state index is 13.4. The third-order valence-corrected chi connectivity index (χ3v) is 5.02. The Morgan fingerprint density at radius 3 is 2.71 bits per heavy atom. The van der Waals surface area contributed by atoms with Crippen LogP contribution < -0.4 is 15.8 Å². The van der Waals surface area contributed by atoms with Gasteiger partial charge >= 0.3 is 0 Å². The molecule has 9 nitrogen and oxygen atoms in total. The number of morpholine rings is 1. The Morgan fingerprint density at radius 1 is 1.29 bits per heavy atom.